The second kappa shape index (κ2) is 23.6. The van der Waals surface area contributed by atoms with Gasteiger partial charge in [-0.25, -0.2) is 4.79 Å². The maximum absolute atomic E-state index is 12.6. The van der Waals surface area contributed by atoms with Crippen molar-refractivity contribution in [2.45, 2.75) is 198 Å². The molecule has 2 fully saturated rings. The molecule has 0 spiro atoms. The van der Waals surface area contributed by atoms with Gasteiger partial charge in [0.15, 0.2) is 5.60 Å². The van der Waals surface area contributed by atoms with Gasteiger partial charge in [0.1, 0.15) is 0 Å². The van der Waals surface area contributed by atoms with Crippen LogP contribution in [-0.2, 0) is 33.3 Å². The summed E-state index contributed by atoms with van der Waals surface area (Å²) < 4.78 is 21.8. The Hall–Kier alpha value is -1.71. The third-order valence-electron chi connectivity index (χ3n) is 9.12. The van der Waals surface area contributed by atoms with E-state index in [9.17, 15) is 24.6 Å². The minimum Gasteiger partial charge on any atom is -0.481 e. The van der Waals surface area contributed by atoms with Crippen LogP contribution in [-0.4, -0.2) is 71.4 Å². The van der Waals surface area contributed by atoms with Crippen LogP contribution in [0.2, 0.25) is 0 Å². The van der Waals surface area contributed by atoms with Crippen LogP contribution >= 0.6 is 0 Å². The molecule has 0 amide bonds. The first-order valence-electron chi connectivity index (χ1n) is 18.4. The lowest BCUT2D eigenvalue weighted by atomic mass is 9.95. The minimum atomic E-state index is -2.47. The van der Waals surface area contributed by atoms with Crippen molar-refractivity contribution in [2.24, 2.45) is 0 Å². The quantitative estimate of drug-likeness (QED) is 0.0441. The number of carbonyl (C=O) groups is 3. The van der Waals surface area contributed by atoms with Crippen molar-refractivity contribution in [1.29, 1.82) is 0 Å². The predicted octanol–water partition coefficient (Wildman–Crippen LogP) is 7.83. The van der Waals surface area contributed by atoms with E-state index in [1.165, 1.54) is 103 Å². The van der Waals surface area contributed by atoms with E-state index in [2.05, 4.69) is 13.8 Å². The highest BCUT2D eigenvalue weighted by atomic mass is 16.6. The first-order chi connectivity index (χ1) is 21.8. The largest absolute Gasteiger partial charge is 0.481 e. The number of hydrogen-bond acceptors (Lipinski definition) is 8. The van der Waals surface area contributed by atoms with Gasteiger partial charge in [-0.2, -0.15) is 0 Å². The Labute approximate surface area is 272 Å². The Bertz CT molecular complexity index is 818. The molecule has 0 aliphatic carbocycles. The van der Waals surface area contributed by atoms with Crippen molar-refractivity contribution in [1.82, 2.24) is 0 Å². The number of esters is 2. The molecule has 0 radical (unpaired) electrons. The molecule has 2 aliphatic rings. The van der Waals surface area contributed by atoms with E-state index in [1.807, 2.05) is 0 Å². The van der Waals surface area contributed by atoms with Gasteiger partial charge in [0.05, 0.1) is 50.5 Å². The number of rotatable bonds is 31. The van der Waals surface area contributed by atoms with Crippen LogP contribution in [0.5, 0.6) is 0 Å². The molecule has 262 valence electrons. The van der Waals surface area contributed by atoms with Gasteiger partial charge in [0, 0.05) is 12.8 Å². The van der Waals surface area contributed by atoms with Crippen LogP contribution in [0.3, 0.4) is 0 Å². The highest BCUT2D eigenvalue weighted by Gasteiger charge is 2.44. The average molecular weight is 641 g/mol. The number of aliphatic carboxylic acids is 1. The molecule has 0 saturated carbocycles. The molecule has 0 aromatic heterocycles. The van der Waals surface area contributed by atoms with Crippen molar-refractivity contribution in [3.05, 3.63) is 0 Å². The Morgan fingerprint density at radius 3 is 1.36 bits per heavy atom. The summed E-state index contributed by atoms with van der Waals surface area (Å²) in [5, 5.41) is 20.0. The second-order valence-electron chi connectivity index (χ2n) is 13.4. The summed E-state index contributed by atoms with van der Waals surface area (Å²) in [6.45, 7) is 4.55. The van der Waals surface area contributed by atoms with Crippen LogP contribution in [0.1, 0.15) is 168 Å². The molecule has 9 heteroatoms. The summed E-state index contributed by atoms with van der Waals surface area (Å²) in [5.41, 5.74) is -2.47. The Kier molecular flexibility index (Phi) is 20.7. The molecule has 2 heterocycles. The lowest BCUT2D eigenvalue weighted by molar-refractivity contribution is -0.176. The van der Waals surface area contributed by atoms with Crippen LogP contribution in [0.15, 0.2) is 0 Å². The molecule has 0 aromatic rings. The molecular weight excluding hydrogens is 576 g/mol. The topological polar surface area (TPSA) is 135 Å². The summed E-state index contributed by atoms with van der Waals surface area (Å²) >= 11 is 0. The number of aliphatic hydroxyl groups is 1. The molecule has 2 saturated heterocycles. The molecule has 0 bridgehead atoms. The third-order valence-corrected chi connectivity index (χ3v) is 9.12. The van der Waals surface area contributed by atoms with Crippen LogP contribution in [0, 0.1) is 0 Å². The van der Waals surface area contributed by atoms with Gasteiger partial charge in [-0.15, -0.1) is 0 Å². The lowest BCUT2D eigenvalue weighted by Gasteiger charge is -2.23. The first kappa shape index (κ1) is 39.5. The second-order valence-corrected chi connectivity index (χ2v) is 13.4. The zero-order valence-corrected chi connectivity index (χ0v) is 28.4. The van der Waals surface area contributed by atoms with E-state index in [-0.39, 0.29) is 37.6 Å². The van der Waals surface area contributed by atoms with E-state index in [0.717, 1.165) is 25.7 Å². The fraction of sp³-hybridized carbons (Fsp3) is 0.917. The highest BCUT2D eigenvalue weighted by Crippen LogP contribution is 2.32. The number of carboxylic acids is 1. The fourth-order valence-electron chi connectivity index (χ4n) is 6.12. The van der Waals surface area contributed by atoms with E-state index < -0.39 is 36.4 Å². The van der Waals surface area contributed by atoms with Gasteiger partial charge >= 0.3 is 17.9 Å². The maximum atomic E-state index is 12.6. The van der Waals surface area contributed by atoms with Crippen molar-refractivity contribution in [3.63, 3.8) is 0 Å². The molecule has 9 nitrogen and oxygen atoms in total. The van der Waals surface area contributed by atoms with Crippen molar-refractivity contribution in [3.8, 4) is 0 Å². The molecule has 0 aromatic carbocycles. The summed E-state index contributed by atoms with van der Waals surface area (Å²) in [5.74, 6) is -3.36. The Balaban J connectivity index is 1.52. The van der Waals surface area contributed by atoms with Crippen molar-refractivity contribution < 1.29 is 43.5 Å². The van der Waals surface area contributed by atoms with Gasteiger partial charge < -0.3 is 29.2 Å². The summed E-state index contributed by atoms with van der Waals surface area (Å²) in [6.07, 6.45) is 24.7. The number of carboxylic acid groups (broad SMARTS) is 1. The average Bonchev–Trinajstić information content (AvgIpc) is 3.92. The molecule has 5 atom stereocenters. The molecule has 2 rings (SSSR count). The SMILES string of the molecule is CCCCCCCCCCCC1OC1CCOC(=O)CC(O)(CC(=O)O)C(=O)OCCC1OC1CCCCCCCCCCC. The van der Waals surface area contributed by atoms with Crippen LogP contribution < -0.4 is 0 Å². The summed E-state index contributed by atoms with van der Waals surface area (Å²) in [7, 11) is 0. The molecule has 5 unspecified atom stereocenters. The predicted molar refractivity (Wildman–Crippen MR) is 174 cm³/mol. The van der Waals surface area contributed by atoms with Gasteiger partial charge in [0.2, 0.25) is 0 Å². The molecule has 2 N–H and O–H groups in total. The van der Waals surface area contributed by atoms with Gasteiger partial charge in [0.25, 0.3) is 0 Å². The van der Waals surface area contributed by atoms with E-state index in [0.29, 0.717) is 12.8 Å². The standard InChI is InChI=1S/C36H64O9/c1-3-5-7-9-11-13-15-17-19-21-29-31(44-29)23-25-42-34(39)28-36(41,27-33(37)38)35(40)43-26-24-32-30(45-32)22-20-18-16-14-12-10-8-6-4-2/h29-32,41H,3-28H2,1-2H3,(H,37,38). The summed E-state index contributed by atoms with van der Waals surface area (Å²) in [6, 6.07) is 0. The van der Waals surface area contributed by atoms with E-state index in [1.54, 1.807) is 0 Å². The monoisotopic (exact) mass is 640 g/mol. The smallest absolute Gasteiger partial charge is 0.339 e. The zero-order valence-electron chi connectivity index (χ0n) is 28.4. The fourth-order valence-corrected chi connectivity index (χ4v) is 6.12. The highest BCUT2D eigenvalue weighted by molar-refractivity contribution is 5.89. The molecule has 2 aliphatic heterocycles. The third kappa shape index (κ3) is 18.9. The lowest BCUT2D eigenvalue weighted by Crippen LogP contribution is -2.44. The number of unbranched alkanes of at least 4 members (excludes halogenated alkanes) is 16. The van der Waals surface area contributed by atoms with Crippen LogP contribution in [0.25, 0.3) is 0 Å². The first-order valence-corrected chi connectivity index (χ1v) is 18.4. The zero-order chi connectivity index (χ0) is 32.8. The number of carbonyl (C=O) groups excluding carboxylic acids is 2. The minimum absolute atomic E-state index is 0.00585. The Morgan fingerprint density at radius 2 is 0.933 bits per heavy atom. The van der Waals surface area contributed by atoms with Gasteiger partial charge in [-0.05, 0) is 12.8 Å². The maximum Gasteiger partial charge on any atom is 0.339 e. The molecule has 45 heavy (non-hydrogen) atoms. The van der Waals surface area contributed by atoms with Crippen LogP contribution in [0.4, 0.5) is 0 Å². The van der Waals surface area contributed by atoms with Gasteiger partial charge in [-0.3, -0.25) is 9.59 Å². The van der Waals surface area contributed by atoms with E-state index >= 15 is 0 Å². The summed E-state index contributed by atoms with van der Waals surface area (Å²) in [4.78, 5) is 36.4. The number of ether oxygens (including phenoxy) is 4. The van der Waals surface area contributed by atoms with Gasteiger partial charge in [-0.1, -0.05) is 129 Å². The van der Waals surface area contributed by atoms with Crippen molar-refractivity contribution in [2.75, 3.05) is 13.2 Å². The van der Waals surface area contributed by atoms with E-state index in [4.69, 9.17) is 18.9 Å². The normalized spacial score (nSPS) is 21.7. The number of epoxide rings is 2. The number of hydrogen-bond donors (Lipinski definition) is 2. The molecular formula is C36H64O9. The Morgan fingerprint density at radius 1 is 0.556 bits per heavy atom. The van der Waals surface area contributed by atoms with Crippen molar-refractivity contribution >= 4 is 17.9 Å².